The van der Waals surface area contributed by atoms with Gasteiger partial charge in [0.05, 0.1) is 11.7 Å². The van der Waals surface area contributed by atoms with Crippen molar-refractivity contribution in [3.05, 3.63) is 35.4 Å². The number of carbonyl (C=O) groups excluding carboxylic acids is 1. The van der Waals surface area contributed by atoms with Gasteiger partial charge in [0, 0.05) is 13.1 Å². The number of hydrogen-bond acceptors (Lipinski definition) is 4. The Morgan fingerprint density at radius 1 is 1.17 bits per heavy atom. The van der Waals surface area contributed by atoms with Crippen molar-refractivity contribution in [3.8, 4) is 0 Å². The van der Waals surface area contributed by atoms with Crippen molar-refractivity contribution in [1.29, 1.82) is 0 Å². The van der Waals surface area contributed by atoms with Crippen LogP contribution < -0.4 is 0 Å². The maximum absolute atomic E-state index is 12.0. The number of carboxylic acids is 1. The van der Waals surface area contributed by atoms with Crippen molar-refractivity contribution in [3.63, 3.8) is 0 Å². The summed E-state index contributed by atoms with van der Waals surface area (Å²) in [6.07, 6.45) is 0.386. The summed E-state index contributed by atoms with van der Waals surface area (Å²) < 4.78 is 5.36. The number of nitrogens with zero attached hydrogens (tertiary/aromatic N) is 1. The zero-order chi connectivity index (χ0) is 17.9. The third-order valence-corrected chi connectivity index (χ3v) is 4.14. The highest BCUT2D eigenvalue weighted by Gasteiger charge is 2.30. The minimum atomic E-state index is -0.985. The number of carbonyl (C=O) groups is 2. The van der Waals surface area contributed by atoms with Gasteiger partial charge in [-0.1, -0.05) is 12.1 Å². The fourth-order valence-electron chi connectivity index (χ4n) is 2.82. The summed E-state index contributed by atoms with van der Waals surface area (Å²) in [4.78, 5) is 24.6. The van der Waals surface area contributed by atoms with Gasteiger partial charge in [-0.3, -0.25) is 0 Å². The van der Waals surface area contributed by atoms with E-state index in [1.807, 2.05) is 20.8 Å². The van der Waals surface area contributed by atoms with E-state index in [9.17, 15) is 14.7 Å². The molecule has 132 valence electrons. The van der Waals surface area contributed by atoms with E-state index >= 15 is 0 Å². The number of ether oxygens (including phenoxy) is 1. The molecule has 0 radical (unpaired) electrons. The van der Waals surface area contributed by atoms with Crippen molar-refractivity contribution < 1.29 is 24.5 Å². The van der Waals surface area contributed by atoms with Crippen LogP contribution in [0, 0.1) is 5.92 Å². The van der Waals surface area contributed by atoms with Crippen LogP contribution >= 0.6 is 0 Å². The lowest BCUT2D eigenvalue weighted by Crippen LogP contribution is -2.42. The molecule has 1 saturated heterocycles. The molecular weight excluding hydrogens is 310 g/mol. The van der Waals surface area contributed by atoms with Gasteiger partial charge in [-0.05, 0) is 57.2 Å². The van der Waals surface area contributed by atoms with Gasteiger partial charge in [0.1, 0.15) is 5.60 Å². The molecule has 1 aromatic carbocycles. The number of aliphatic hydroxyl groups is 1. The Hall–Kier alpha value is -2.08. The molecule has 1 aliphatic rings. The van der Waals surface area contributed by atoms with Crippen LogP contribution in [0.4, 0.5) is 4.79 Å². The molecule has 24 heavy (non-hydrogen) atoms. The second-order valence-corrected chi connectivity index (χ2v) is 7.18. The Balaban J connectivity index is 1.91. The van der Waals surface area contributed by atoms with E-state index in [-0.39, 0.29) is 17.6 Å². The first-order valence-corrected chi connectivity index (χ1v) is 8.16. The van der Waals surface area contributed by atoms with Crippen LogP contribution in [0.1, 0.15) is 55.6 Å². The first-order valence-electron chi connectivity index (χ1n) is 8.16. The lowest BCUT2D eigenvalue weighted by molar-refractivity contribution is 0.00767. The number of rotatable bonds is 3. The second-order valence-electron chi connectivity index (χ2n) is 7.18. The van der Waals surface area contributed by atoms with Crippen molar-refractivity contribution in [2.24, 2.45) is 5.92 Å². The molecule has 6 heteroatoms. The summed E-state index contributed by atoms with van der Waals surface area (Å²) in [6, 6.07) is 6.29. The van der Waals surface area contributed by atoms with Crippen molar-refractivity contribution in [2.75, 3.05) is 13.1 Å². The molecule has 0 aliphatic carbocycles. The monoisotopic (exact) mass is 335 g/mol. The van der Waals surface area contributed by atoms with Gasteiger partial charge in [-0.25, -0.2) is 9.59 Å². The zero-order valence-corrected chi connectivity index (χ0v) is 14.4. The fourth-order valence-corrected chi connectivity index (χ4v) is 2.82. The van der Waals surface area contributed by atoms with Gasteiger partial charge in [0.2, 0.25) is 0 Å². The number of amides is 1. The van der Waals surface area contributed by atoms with Crippen LogP contribution in [-0.2, 0) is 4.74 Å². The highest BCUT2D eigenvalue weighted by molar-refractivity contribution is 5.87. The van der Waals surface area contributed by atoms with Gasteiger partial charge in [-0.15, -0.1) is 0 Å². The third kappa shape index (κ3) is 4.71. The molecule has 0 saturated carbocycles. The Morgan fingerprint density at radius 3 is 2.17 bits per heavy atom. The standard InChI is InChI=1S/C18H25NO5/c1-18(2,3)24-17(23)19-10-8-13(9-11-19)15(20)12-4-6-14(7-5-12)16(21)22/h4-7,13,15,20H,8-11H2,1-3H3,(H,21,22). The van der Waals surface area contributed by atoms with Gasteiger partial charge in [0.15, 0.2) is 0 Å². The van der Waals surface area contributed by atoms with E-state index in [1.165, 1.54) is 12.1 Å². The van der Waals surface area contributed by atoms with Crippen LogP contribution in [0.15, 0.2) is 24.3 Å². The van der Waals surface area contributed by atoms with Gasteiger partial charge in [0.25, 0.3) is 0 Å². The number of hydrogen-bond donors (Lipinski definition) is 2. The summed E-state index contributed by atoms with van der Waals surface area (Å²) in [7, 11) is 0. The Kier molecular flexibility index (Phi) is 5.49. The molecule has 2 rings (SSSR count). The number of piperidine rings is 1. The molecule has 2 N–H and O–H groups in total. The summed E-state index contributed by atoms with van der Waals surface area (Å²) >= 11 is 0. The van der Waals surface area contributed by atoms with Crippen LogP contribution in [0.2, 0.25) is 0 Å². The molecule has 0 spiro atoms. The number of aromatic carboxylic acids is 1. The Bertz CT molecular complexity index is 582. The lowest BCUT2D eigenvalue weighted by atomic mass is 9.87. The lowest BCUT2D eigenvalue weighted by Gasteiger charge is -2.35. The predicted molar refractivity (Wildman–Crippen MR) is 88.9 cm³/mol. The maximum atomic E-state index is 12.0. The van der Waals surface area contributed by atoms with E-state index in [0.29, 0.717) is 31.5 Å². The van der Waals surface area contributed by atoms with Crippen LogP contribution in [-0.4, -0.2) is 45.9 Å². The Labute approximate surface area is 142 Å². The second kappa shape index (κ2) is 7.21. The van der Waals surface area contributed by atoms with Crippen LogP contribution in [0.25, 0.3) is 0 Å². The van der Waals surface area contributed by atoms with Crippen molar-refractivity contribution in [2.45, 2.75) is 45.3 Å². The maximum Gasteiger partial charge on any atom is 0.410 e. The van der Waals surface area contributed by atoms with Gasteiger partial charge in [-0.2, -0.15) is 0 Å². The first kappa shape index (κ1) is 18.3. The first-order chi connectivity index (χ1) is 11.2. The largest absolute Gasteiger partial charge is 0.478 e. The van der Waals surface area contributed by atoms with Crippen molar-refractivity contribution in [1.82, 2.24) is 4.90 Å². The highest BCUT2D eigenvalue weighted by Crippen LogP contribution is 2.31. The SMILES string of the molecule is CC(C)(C)OC(=O)N1CCC(C(O)c2ccc(C(=O)O)cc2)CC1. The van der Waals surface area contributed by atoms with E-state index in [4.69, 9.17) is 9.84 Å². The molecule has 1 aliphatic heterocycles. The normalized spacial score (nSPS) is 17.4. The smallest absolute Gasteiger partial charge is 0.410 e. The highest BCUT2D eigenvalue weighted by atomic mass is 16.6. The van der Waals surface area contributed by atoms with Crippen LogP contribution in [0.3, 0.4) is 0 Å². The predicted octanol–water partition coefficient (Wildman–Crippen LogP) is 3.07. The minimum absolute atomic E-state index is 0.0411. The number of benzene rings is 1. The summed E-state index contributed by atoms with van der Waals surface area (Å²) in [5.41, 5.74) is 0.390. The summed E-state index contributed by atoms with van der Waals surface area (Å²) in [5, 5.41) is 19.4. The summed E-state index contributed by atoms with van der Waals surface area (Å²) in [5.74, 6) is -0.943. The van der Waals surface area contributed by atoms with E-state index in [0.717, 1.165) is 0 Å². The topological polar surface area (TPSA) is 87.1 Å². The molecule has 6 nitrogen and oxygen atoms in total. The molecule has 1 atom stereocenters. The minimum Gasteiger partial charge on any atom is -0.478 e. The number of likely N-dealkylation sites (tertiary alicyclic amines) is 1. The zero-order valence-electron chi connectivity index (χ0n) is 14.4. The van der Waals surface area contributed by atoms with E-state index in [1.54, 1.807) is 17.0 Å². The van der Waals surface area contributed by atoms with Crippen LogP contribution in [0.5, 0.6) is 0 Å². The summed E-state index contributed by atoms with van der Waals surface area (Å²) in [6.45, 7) is 6.60. The van der Waals surface area contributed by atoms with Gasteiger partial charge < -0.3 is 19.8 Å². The molecular formula is C18H25NO5. The third-order valence-electron chi connectivity index (χ3n) is 4.14. The fraction of sp³-hybridized carbons (Fsp3) is 0.556. The molecule has 1 aromatic rings. The van der Waals surface area contributed by atoms with Gasteiger partial charge >= 0.3 is 12.1 Å². The quantitative estimate of drug-likeness (QED) is 0.886. The Morgan fingerprint density at radius 2 is 1.71 bits per heavy atom. The molecule has 1 amide bonds. The molecule has 1 fully saturated rings. The molecule has 0 bridgehead atoms. The van der Waals surface area contributed by atoms with E-state index in [2.05, 4.69) is 0 Å². The molecule has 1 heterocycles. The number of carboxylic acid groups (broad SMARTS) is 1. The average Bonchev–Trinajstić information content (AvgIpc) is 2.53. The number of aliphatic hydroxyl groups excluding tert-OH is 1. The van der Waals surface area contributed by atoms with E-state index < -0.39 is 17.7 Å². The van der Waals surface area contributed by atoms with Crippen molar-refractivity contribution >= 4 is 12.1 Å². The molecule has 1 unspecified atom stereocenters. The molecule has 0 aromatic heterocycles. The average molecular weight is 335 g/mol.